The molecule has 0 radical (unpaired) electrons. The Hall–Kier alpha value is -2.50. The highest BCUT2D eigenvalue weighted by atomic mass is 16.3. The highest BCUT2D eigenvalue weighted by Crippen LogP contribution is 2.28. The molecule has 110 valence electrons. The molecule has 6 heteroatoms. The molecular formula is C15H18N4O2. The molecule has 0 aliphatic heterocycles. The predicted molar refractivity (Wildman–Crippen MR) is 79.2 cm³/mol. The molecule has 0 atom stereocenters. The maximum absolute atomic E-state index is 9.75. The molecule has 2 heterocycles. The molecule has 0 aliphatic carbocycles. The third-order valence-corrected chi connectivity index (χ3v) is 2.95. The molecule has 0 fully saturated rings. The summed E-state index contributed by atoms with van der Waals surface area (Å²) in [6.45, 7) is 2.14. The van der Waals surface area contributed by atoms with Crippen LogP contribution in [0.3, 0.4) is 0 Å². The highest BCUT2D eigenvalue weighted by Gasteiger charge is 2.05. The Bertz CT molecular complexity index is 629. The second-order valence-corrected chi connectivity index (χ2v) is 4.65. The molecule has 2 aromatic heterocycles. The van der Waals surface area contributed by atoms with Gasteiger partial charge in [-0.3, -0.25) is 0 Å². The first kappa shape index (κ1) is 14.9. The lowest BCUT2D eigenvalue weighted by Gasteiger charge is -2.02. The van der Waals surface area contributed by atoms with E-state index in [1.807, 2.05) is 0 Å². The van der Waals surface area contributed by atoms with Crippen molar-refractivity contribution in [2.24, 2.45) is 10.2 Å². The van der Waals surface area contributed by atoms with Crippen LogP contribution in [-0.2, 0) is 6.42 Å². The van der Waals surface area contributed by atoms with E-state index in [9.17, 15) is 10.2 Å². The number of azo groups is 1. The lowest BCUT2D eigenvalue weighted by Crippen LogP contribution is -1.90. The van der Waals surface area contributed by atoms with E-state index in [1.165, 1.54) is 12.3 Å². The maximum atomic E-state index is 9.75. The van der Waals surface area contributed by atoms with E-state index < -0.39 is 0 Å². The molecule has 0 aliphatic rings. The highest BCUT2D eigenvalue weighted by molar-refractivity contribution is 5.46. The number of hydrogen-bond acceptors (Lipinski definition) is 6. The van der Waals surface area contributed by atoms with Crippen LogP contribution in [0.15, 0.2) is 40.7 Å². The van der Waals surface area contributed by atoms with Crippen molar-refractivity contribution in [1.82, 2.24) is 9.97 Å². The molecule has 2 aromatic rings. The lowest BCUT2D eigenvalue weighted by molar-refractivity contribution is 0.470. The first-order chi connectivity index (χ1) is 10.2. The summed E-state index contributed by atoms with van der Waals surface area (Å²) in [6.07, 6.45) is 5.67. The van der Waals surface area contributed by atoms with Crippen LogP contribution < -0.4 is 0 Å². The van der Waals surface area contributed by atoms with E-state index in [0.717, 1.165) is 31.4 Å². The van der Waals surface area contributed by atoms with Gasteiger partial charge in [-0.15, -0.1) is 10.2 Å². The van der Waals surface area contributed by atoms with Crippen molar-refractivity contribution < 1.29 is 10.2 Å². The molecule has 21 heavy (non-hydrogen) atoms. The standard InChI is InChI=1S/C15H18N4O2/c1-2-3-4-6-11-8-9-13(21)15(17-11)19-18-14-12(20)7-5-10-16-14/h5,7-10,20-21H,2-4,6H2,1H3. The molecule has 0 unspecified atom stereocenters. The first-order valence-electron chi connectivity index (χ1n) is 6.95. The number of aryl methyl sites for hydroxylation is 1. The van der Waals surface area contributed by atoms with E-state index in [-0.39, 0.29) is 23.1 Å². The fourth-order valence-electron chi connectivity index (χ4n) is 1.81. The predicted octanol–water partition coefficient (Wildman–Crippen LogP) is 4.04. The van der Waals surface area contributed by atoms with Gasteiger partial charge in [0.05, 0.1) is 0 Å². The first-order valence-corrected chi connectivity index (χ1v) is 6.95. The average molecular weight is 286 g/mol. The Labute approximate surface area is 123 Å². The molecular weight excluding hydrogens is 268 g/mol. The van der Waals surface area contributed by atoms with Gasteiger partial charge in [-0.2, -0.15) is 0 Å². The lowest BCUT2D eigenvalue weighted by atomic mass is 10.1. The smallest absolute Gasteiger partial charge is 0.216 e. The van der Waals surface area contributed by atoms with E-state index in [0.29, 0.717) is 0 Å². The summed E-state index contributed by atoms with van der Waals surface area (Å²) in [7, 11) is 0. The molecule has 6 nitrogen and oxygen atoms in total. The van der Waals surface area contributed by atoms with Gasteiger partial charge in [0.25, 0.3) is 0 Å². The monoisotopic (exact) mass is 286 g/mol. The topological polar surface area (TPSA) is 91.0 Å². The normalized spacial score (nSPS) is 11.1. The van der Waals surface area contributed by atoms with Crippen molar-refractivity contribution in [1.29, 1.82) is 0 Å². The fourth-order valence-corrected chi connectivity index (χ4v) is 1.81. The van der Waals surface area contributed by atoms with Crippen molar-refractivity contribution in [2.75, 3.05) is 0 Å². The van der Waals surface area contributed by atoms with Crippen molar-refractivity contribution >= 4 is 11.6 Å². The Morgan fingerprint density at radius 3 is 2.52 bits per heavy atom. The molecule has 0 saturated heterocycles. The van der Waals surface area contributed by atoms with Crippen molar-refractivity contribution in [3.63, 3.8) is 0 Å². The summed E-state index contributed by atoms with van der Waals surface area (Å²) >= 11 is 0. The summed E-state index contributed by atoms with van der Waals surface area (Å²) < 4.78 is 0. The molecule has 0 spiro atoms. The quantitative estimate of drug-likeness (QED) is 0.619. The van der Waals surface area contributed by atoms with Gasteiger partial charge >= 0.3 is 0 Å². The van der Waals surface area contributed by atoms with E-state index in [4.69, 9.17) is 0 Å². The number of unbranched alkanes of at least 4 members (excludes halogenated alkanes) is 2. The molecule has 0 amide bonds. The molecule has 2 N–H and O–H groups in total. The van der Waals surface area contributed by atoms with Crippen LogP contribution in [0.1, 0.15) is 31.9 Å². The van der Waals surface area contributed by atoms with Crippen LogP contribution in [0.25, 0.3) is 0 Å². The summed E-state index contributed by atoms with van der Waals surface area (Å²) in [5.74, 6) is 0.109. The third kappa shape index (κ3) is 4.24. The number of hydrogen-bond donors (Lipinski definition) is 2. The molecule has 0 bridgehead atoms. The van der Waals surface area contributed by atoms with Gasteiger partial charge < -0.3 is 10.2 Å². The molecule has 2 rings (SSSR count). The minimum atomic E-state index is -0.0696. The van der Waals surface area contributed by atoms with Gasteiger partial charge in [0.1, 0.15) is 0 Å². The Balaban J connectivity index is 2.15. The Morgan fingerprint density at radius 2 is 1.76 bits per heavy atom. The van der Waals surface area contributed by atoms with Gasteiger partial charge in [-0.1, -0.05) is 19.8 Å². The second-order valence-electron chi connectivity index (χ2n) is 4.65. The van der Waals surface area contributed by atoms with Gasteiger partial charge in [0.2, 0.25) is 11.6 Å². The van der Waals surface area contributed by atoms with Crippen LogP contribution in [0.4, 0.5) is 11.6 Å². The second kappa shape index (κ2) is 7.33. The van der Waals surface area contributed by atoms with Gasteiger partial charge in [-0.05, 0) is 37.1 Å². The summed E-state index contributed by atoms with van der Waals surface area (Å²) in [5.41, 5.74) is 0.862. The fraction of sp³-hybridized carbons (Fsp3) is 0.333. The zero-order valence-corrected chi connectivity index (χ0v) is 11.9. The largest absolute Gasteiger partial charge is 0.504 e. The van der Waals surface area contributed by atoms with E-state index >= 15 is 0 Å². The van der Waals surface area contributed by atoms with Gasteiger partial charge in [0.15, 0.2) is 11.5 Å². The maximum Gasteiger partial charge on any atom is 0.216 e. The third-order valence-electron chi connectivity index (χ3n) is 2.95. The van der Waals surface area contributed by atoms with Crippen LogP contribution in [0, 0.1) is 0 Å². The number of nitrogens with zero attached hydrogens (tertiary/aromatic N) is 4. The Morgan fingerprint density at radius 1 is 1.00 bits per heavy atom. The Kier molecular flexibility index (Phi) is 5.20. The number of rotatable bonds is 6. The minimum Gasteiger partial charge on any atom is -0.504 e. The van der Waals surface area contributed by atoms with Crippen LogP contribution in [0.2, 0.25) is 0 Å². The summed E-state index contributed by atoms with van der Waals surface area (Å²) in [4.78, 5) is 8.16. The minimum absolute atomic E-state index is 0.0478. The summed E-state index contributed by atoms with van der Waals surface area (Å²) in [5, 5.41) is 27.0. The number of aromatic hydroxyl groups is 2. The van der Waals surface area contributed by atoms with Crippen molar-refractivity contribution in [3.05, 3.63) is 36.2 Å². The van der Waals surface area contributed by atoms with Gasteiger partial charge in [0, 0.05) is 11.9 Å². The SMILES string of the molecule is CCCCCc1ccc(O)c(N=Nc2ncccc2O)n1. The van der Waals surface area contributed by atoms with Crippen molar-refractivity contribution in [2.45, 2.75) is 32.6 Å². The van der Waals surface area contributed by atoms with Crippen LogP contribution in [-0.4, -0.2) is 20.2 Å². The van der Waals surface area contributed by atoms with Gasteiger partial charge in [-0.25, -0.2) is 9.97 Å². The number of pyridine rings is 2. The number of aromatic nitrogens is 2. The van der Waals surface area contributed by atoms with Crippen LogP contribution in [0.5, 0.6) is 11.5 Å². The summed E-state index contributed by atoms with van der Waals surface area (Å²) in [6, 6.07) is 6.40. The van der Waals surface area contributed by atoms with E-state index in [2.05, 4.69) is 27.1 Å². The van der Waals surface area contributed by atoms with Crippen molar-refractivity contribution in [3.8, 4) is 11.5 Å². The molecule has 0 aromatic carbocycles. The zero-order valence-electron chi connectivity index (χ0n) is 11.9. The average Bonchev–Trinajstić information content (AvgIpc) is 2.49. The van der Waals surface area contributed by atoms with Crippen LogP contribution >= 0.6 is 0 Å². The molecule has 0 saturated carbocycles. The van der Waals surface area contributed by atoms with E-state index in [1.54, 1.807) is 18.2 Å². The zero-order chi connectivity index (χ0) is 15.1.